The second kappa shape index (κ2) is 11.0. The van der Waals surface area contributed by atoms with Crippen LogP contribution in [0.2, 0.25) is 0 Å². The van der Waals surface area contributed by atoms with E-state index in [1.807, 2.05) is 13.8 Å². The zero-order valence-electron chi connectivity index (χ0n) is 14.4. The van der Waals surface area contributed by atoms with Crippen LogP contribution in [0.25, 0.3) is 0 Å². The lowest BCUT2D eigenvalue weighted by Crippen LogP contribution is -2.53. The molecular formula is C16H30N2O4. The van der Waals surface area contributed by atoms with Gasteiger partial charge in [-0.05, 0) is 12.3 Å². The van der Waals surface area contributed by atoms with Gasteiger partial charge in [0.15, 0.2) is 0 Å². The minimum absolute atomic E-state index is 0.0673. The van der Waals surface area contributed by atoms with Crippen molar-refractivity contribution >= 4 is 17.8 Å². The quantitative estimate of drug-likeness (QED) is 0.475. The van der Waals surface area contributed by atoms with E-state index in [4.69, 9.17) is 4.74 Å². The number of hydrogen-bond acceptors (Lipinski definition) is 4. The Morgan fingerprint density at radius 3 is 2.14 bits per heavy atom. The number of carbonyl (C=O) groups is 3. The first kappa shape index (κ1) is 20.4. The molecule has 0 saturated carbocycles. The number of nitrogens with one attached hydrogen (secondary N) is 2. The number of carbonyl (C=O) groups excluding carboxylic acids is 3. The van der Waals surface area contributed by atoms with Crippen molar-refractivity contribution in [2.45, 2.75) is 71.9 Å². The lowest BCUT2D eigenvalue weighted by Gasteiger charge is -2.24. The number of methoxy groups -OCH3 is 1. The molecule has 128 valence electrons. The van der Waals surface area contributed by atoms with E-state index in [-0.39, 0.29) is 17.7 Å². The second-order valence-electron chi connectivity index (χ2n) is 5.86. The molecule has 6 nitrogen and oxygen atoms in total. The van der Waals surface area contributed by atoms with Gasteiger partial charge in [-0.15, -0.1) is 0 Å². The summed E-state index contributed by atoms with van der Waals surface area (Å²) in [5.41, 5.74) is 0. The normalized spacial score (nSPS) is 13.4. The van der Waals surface area contributed by atoms with Crippen LogP contribution in [-0.2, 0) is 19.1 Å². The summed E-state index contributed by atoms with van der Waals surface area (Å²) in [6.45, 7) is 7.16. The van der Waals surface area contributed by atoms with E-state index < -0.39 is 18.1 Å². The van der Waals surface area contributed by atoms with Gasteiger partial charge in [-0.1, -0.05) is 46.5 Å². The Hall–Kier alpha value is -1.59. The predicted octanol–water partition coefficient (Wildman–Crippen LogP) is 1.78. The summed E-state index contributed by atoms with van der Waals surface area (Å²) >= 11 is 0. The first-order valence-electron chi connectivity index (χ1n) is 7.98. The topological polar surface area (TPSA) is 84.5 Å². The molecule has 0 fully saturated rings. The van der Waals surface area contributed by atoms with Gasteiger partial charge in [-0.3, -0.25) is 9.59 Å². The second-order valence-corrected chi connectivity index (χ2v) is 5.86. The molecule has 6 heteroatoms. The van der Waals surface area contributed by atoms with Gasteiger partial charge in [0.25, 0.3) is 0 Å². The van der Waals surface area contributed by atoms with Gasteiger partial charge in [0.1, 0.15) is 12.1 Å². The molecule has 0 spiro atoms. The highest BCUT2D eigenvalue weighted by Crippen LogP contribution is 2.09. The molecule has 0 rings (SSSR count). The van der Waals surface area contributed by atoms with Gasteiger partial charge in [-0.2, -0.15) is 0 Å². The van der Waals surface area contributed by atoms with Crippen LogP contribution in [0.1, 0.15) is 59.8 Å². The molecular weight excluding hydrogens is 284 g/mol. The molecule has 0 heterocycles. The Bertz CT molecular complexity index is 369. The Labute approximate surface area is 133 Å². The summed E-state index contributed by atoms with van der Waals surface area (Å²) < 4.78 is 4.75. The van der Waals surface area contributed by atoms with E-state index in [0.717, 1.165) is 25.7 Å². The lowest BCUT2D eigenvalue weighted by atomic mass is 10.0. The molecule has 2 amide bonds. The molecule has 0 bridgehead atoms. The van der Waals surface area contributed by atoms with E-state index in [9.17, 15) is 14.4 Å². The molecule has 0 unspecified atom stereocenters. The van der Waals surface area contributed by atoms with E-state index in [0.29, 0.717) is 6.42 Å². The van der Waals surface area contributed by atoms with Gasteiger partial charge in [0, 0.05) is 6.92 Å². The minimum Gasteiger partial charge on any atom is -0.467 e. The SMILES string of the molecule is CCCCCC[C@H](NC(=O)[C@H](NC(C)=O)C(C)C)C(=O)OC. The number of hydrogen-bond donors (Lipinski definition) is 2. The highest BCUT2D eigenvalue weighted by Gasteiger charge is 2.28. The zero-order valence-corrected chi connectivity index (χ0v) is 14.4. The Balaban J connectivity index is 4.69. The third kappa shape index (κ3) is 8.00. The molecule has 0 aliphatic rings. The summed E-state index contributed by atoms with van der Waals surface area (Å²) in [5, 5.41) is 5.32. The Morgan fingerprint density at radius 1 is 1.05 bits per heavy atom. The van der Waals surface area contributed by atoms with Crippen molar-refractivity contribution in [2.24, 2.45) is 5.92 Å². The lowest BCUT2D eigenvalue weighted by molar-refractivity contribution is -0.145. The fourth-order valence-electron chi connectivity index (χ4n) is 2.18. The molecule has 0 aromatic heterocycles. The number of esters is 1. The monoisotopic (exact) mass is 314 g/mol. The highest BCUT2D eigenvalue weighted by atomic mass is 16.5. The smallest absolute Gasteiger partial charge is 0.328 e. The van der Waals surface area contributed by atoms with Crippen molar-refractivity contribution in [3.63, 3.8) is 0 Å². The largest absolute Gasteiger partial charge is 0.467 e. The summed E-state index contributed by atoms with van der Waals surface area (Å²) in [5.74, 6) is -1.14. The van der Waals surface area contributed by atoms with Gasteiger partial charge >= 0.3 is 5.97 Å². The van der Waals surface area contributed by atoms with Crippen LogP contribution < -0.4 is 10.6 Å². The number of unbranched alkanes of at least 4 members (excludes halogenated alkanes) is 3. The van der Waals surface area contributed by atoms with Crippen LogP contribution in [0, 0.1) is 5.92 Å². The molecule has 0 radical (unpaired) electrons. The van der Waals surface area contributed by atoms with Gasteiger partial charge in [-0.25, -0.2) is 4.79 Å². The van der Waals surface area contributed by atoms with Gasteiger partial charge < -0.3 is 15.4 Å². The van der Waals surface area contributed by atoms with Crippen LogP contribution in [-0.4, -0.2) is 37.0 Å². The summed E-state index contributed by atoms with van der Waals surface area (Å²) in [7, 11) is 1.31. The molecule has 2 atom stereocenters. The minimum atomic E-state index is -0.663. The first-order valence-corrected chi connectivity index (χ1v) is 7.98. The number of rotatable bonds is 10. The first-order chi connectivity index (χ1) is 10.3. The number of amides is 2. The van der Waals surface area contributed by atoms with Crippen molar-refractivity contribution in [2.75, 3.05) is 7.11 Å². The van der Waals surface area contributed by atoms with Crippen LogP contribution in [0.3, 0.4) is 0 Å². The summed E-state index contributed by atoms with van der Waals surface area (Å²) in [4.78, 5) is 35.3. The molecule has 0 aromatic carbocycles. The summed E-state index contributed by atoms with van der Waals surface area (Å²) in [6, 6.07) is -1.32. The molecule has 0 aromatic rings. The molecule has 22 heavy (non-hydrogen) atoms. The molecule has 0 saturated heterocycles. The average Bonchev–Trinajstić information content (AvgIpc) is 2.46. The van der Waals surface area contributed by atoms with Gasteiger partial charge in [0.2, 0.25) is 11.8 Å². The molecule has 0 aliphatic carbocycles. The van der Waals surface area contributed by atoms with E-state index in [1.54, 1.807) is 0 Å². The van der Waals surface area contributed by atoms with E-state index >= 15 is 0 Å². The van der Waals surface area contributed by atoms with E-state index in [1.165, 1.54) is 14.0 Å². The van der Waals surface area contributed by atoms with Crippen molar-refractivity contribution < 1.29 is 19.1 Å². The van der Waals surface area contributed by atoms with Crippen molar-refractivity contribution in [3.05, 3.63) is 0 Å². The molecule has 2 N–H and O–H groups in total. The fourth-order valence-corrected chi connectivity index (χ4v) is 2.18. The maximum Gasteiger partial charge on any atom is 0.328 e. The maximum atomic E-state index is 12.3. The Morgan fingerprint density at radius 2 is 1.68 bits per heavy atom. The van der Waals surface area contributed by atoms with Crippen LogP contribution in [0.5, 0.6) is 0 Å². The molecule has 0 aliphatic heterocycles. The third-order valence-electron chi connectivity index (χ3n) is 3.46. The van der Waals surface area contributed by atoms with Crippen molar-refractivity contribution in [3.8, 4) is 0 Å². The van der Waals surface area contributed by atoms with E-state index in [2.05, 4.69) is 17.6 Å². The van der Waals surface area contributed by atoms with Crippen molar-refractivity contribution in [1.82, 2.24) is 10.6 Å². The highest BCUT2D eigenvalue weighted by molar-refractivity contribution is 5.90. The summed E-state index contributed by atoms with van der Waals surface area (Å²) in [6.07, 6.45) is 4.61. The number of ether oxygens (including phenoxy) is 1. The van der Waals surface area contributed by atoms with Crippen LogP contribution >= 0.6 is 0 Å². The maximum absolute atomic E-state index is 12.3. The van der Waals surface area contributed by atoms with Crippen molar-refractivity contribution in [1.29, 1.82) is 0 Å². The van der Waals surface area contributed by atoms with Crippen LogP contribution in [0.15, 0.2) is 0 Å². The van der Waals surface area contributed by atoms with Crippen LogP contribution in [0.4, 0.5) is 0 Å². The predicted molar refractivity (Wildman–Crippen MR) is 85.1 cm³/mol. The Kier molecular flexibility index (Phi) is 10.2. The standard InChI is InChI=1S/C16H30N2O4/c1-6-7-8-9-10-13(16(21)22-5)18-15(20)14(11(2)3)17-12(4)19/h11,13-14H,6-10H2,1-5H3,(H,17,19)(H,18,20)/t13-,14+/m0/s1. The van der Waals surface area contributed by atoms with Gasteiger partial charge in [0.05, 0.1) is 7.11 Å². The average molecular weight is 314 g/mol. The third-order valence-corrected chi connectivity index (χ3v) is 3.46. The zero-order chi connectivity index (χ0) is 17.1. The fraction of sp³-hybridized carbons (Fsp3) is 0.812.